The topological polar surface area (TPSA) is 55.1 Å². The van der Waals surface area contributed by atoms with Crippen LogP contribution in [-0.2, 0) is 6.42 Å². The van der Waals surface area contributed by atoms with Gasteiger partial charge in [0.25, 0.3) is 5.91 Å². The van der Waals surface area contributed by atoms with E-state index in [1.807, 2.05) is 13.0 Å². The number of nitrogen functional groups attached to an aromatic ring is 1. The van der Waals surface area contributed by atoms with Gasteiger partial charge in [0.1, 0.15) is 0 Å². The maximum Gasteiger partial charge on any atom is 0.265 e. The highest BCUT2D eigenvalue weighted by molar-refractivity contribution is 5.95. The van der Waals surface area contributed by atoms with Crippen molar-refractivity contribution in [3.63, 3.8) is 0 Å². The van der Waals surface area contributed by atoms with Crippen LogP contribution in [0.4, 0.5) is 0 Å². The number of hydrogen-bond donors (Lipinski definition) is 2. The normalized spacial score (nSPS) is 11.3. The Morgan fingerprint density at radius 2 is 2.00 bits per heavy atom. The highest BCUT2D eigenvalue weighted by Gasteiger charge is 2.16. The first-order chi connectivity index (χ1) is 7.35. The molecule has 0 bridgehead atoms. The molecule has 88 valence electrons. The van der Waals surface area contributed by atoms with Gasteiger partial charge in [-0.15, -0.1) is 0 Å². The summed E-state index contributed by atoms with van der Waals surface area (Å²) < 4.78 is 0. The molecule has 3 N–H and O–H groups in total. The molecule has 0 saturated heterocycles. The van der Waals surface area contributed by atoms with Gasteiger partial charge in [0, 0.05) is 5.56 Å². The van der Waals surface area contributed by atoms with E-state index in [0.29, 0.717) is 5.56 Å². The molecule has 3 heteroatoms. The van der Waals surface area contributed by atoms with Gasteiger partial charge in [-0.05, 0) is 36.0 Å². The molecule has 0 spiro atoms. The summed E-state index contributed by atoms with van der Waals surface area (Å²) in [4.78, 5) is 11.5. The van der Waals surface area contributed by atoms with Crippen molar-refractivity contribution in [1.82, 2.24) is 5.43 Å². The summed E-state index contributed by atoms with van der Waals surface area (Å²) in [6.45, 7) is 8.51. The molecular weight excluding hydrogens is 200 g/mol. The fraction of sp³-hybridized carbons (Fsp3) is 0.462. The second kappa shape index (κ2) is 4.66. The standard InChI is InChI=1S/C13H20N2O/c1-9-10(8-13(2,3)4)6-5-7-11(9)12(16)15-14/h5-7H,8,14H2,1-4H3,(H,15,16). The van der Waals surface area contributed by atoms with Gasteiger partial charge >= 0.3 is 0 Å². The van der Waals surface area contributed by atoms with Crippen molar-refractivity contribution in [2.24, 2.45) is 11.3 Å². The fourth-order valence-electron chi connectivity index (χ4n) is 1.77. The number of benzene rings is 1. The van der Waals surface area contributed by atoms with Crippen LogP contribution in [0.15, 0.2) is 18.2 Å². The van der Waals surface area contributed by atoms with Crippen LogP contribution in [0.5, 0.6) is 0 Å². The number of hydrazine groups is 1. The molecule has 0 atom stereocenters. The third kappa shape index (κ3) is 3.07. The van der Waals surface area contributed by atoms with Gasteiger partial charge in [-0.3, -0.25) is 10.2 Å². The van der Waals surface area contributed by atoms with Crippen molar-refractivity contribution in [2.75, 3.05) is 0 Å². The Hall–Kier alpha value is -1.35. The zero-order valence-electron chi connectivity index (χ0n) is 10.4. The molecule has 3 nitrogen and oxygen atoms in total. The first-order valence-electron chi connectivity index (χ1n) is 5.44. The van der Waals surface area contributed by atoms with Crippen molar-refractivity contribution in [2.45, 2.75) is 34.1 Å². The largest absolute Gasteiger partial charge is 0.290 e. The molecule has 0 fully saturated rings. The molecule has 0 heterocycles. The Kier molecular flexibility index (Phi) is 3.70. The minimum Gasteiger partial charge on any atom is -0.290 e. The minimum atomic E-state index is -0.228. The SMILES string of the molecule is Cc1c(CC(C)(C)C)cccc1C(=O)NN. The van der Waals surface area contributed by atoms with E-state index in [9.17, 15) is 4.79 Å². The molecule has 1 amide bonds. The number of nitrogens with two attached hydrogens (primary N) is 1. The van der Waals surface area contributed by atoms with E-state index < -0.39 is 0 Å². The quantitative estimate of drug-likeness (QED) is 0.456. The third-order valence-electron chi connectivity index (χ3n) is 2.54. The Labute approximate surface area is 97.0 Å². The lowest BCUT2D eigenvalue weighted by Gasteiger charge is -2.20. The van der Waals surface area contributed by atoms with Crippen LogP contribution < -0.4 is 11.3 Å². The Bertz CT molecular complexity index is 391. The van der Waals surface area contributed by atoms with Crippen molar-refractivity contribution >= 4 is 5.91 Å². The van der Waals surface area contributed by atoms with E-state index in [0.717, 1.165) is 12.0 Å². The van der Waals surface area contributed by atoms with E-state index in [1.54, 1.807) is 6.07 Å². The summed E-state index contributed by atoms with van der Waals surface area (Å²) >= 11 is 0. The summed E-state index contributed by atoms with van der Waals surface area (Å²) in [5, 5.41) is 0. The van der Waals surface area contributed by atoms with Crippen LogP contribution >= 0.6 is 0 Å². The van der Waals surface area contributed by atoms with Gasteiger partial charge in [-0.1, -0.05) is 32.9 Å². The van der Waals surface area contributed by atoms with Crippen LogP contribution in [0.3, 0.4) is 0 Å². The average Bonchev–Trinajstić information content (AvgIpc) is 2.18. The number of amides is 1. The Balaban J connectivity index is 3.09. The summed E-state index contributed by atoms with van der Waals surface area (Å²) in [6, 6.07) is 5.76. The van der Waals surface area contributed by atoms with E-state index in [4.69, 9.17) is 5.84 Å². The maximum atomic E-state index is 11.5. The average molecular weight is 220 g/mol. The molecule has 0 aliphatic carbocycles. The molecule has 1 aromatic carbocycles. The van der Waals surface area contributed by atoms with E-state index in [1.165, 1.54) is 5.56 Å². The van der Waals surface area contributed by atoms with Gasteiger partial charge in [-0.25, -0.2) is 5.84 Å². The predicted molar refractivity (Wildman–Crippen MR) is 66.0 cm³/mol. The first-order valence-corrected chi connectivity index (χ1v) is 5.44. The molecule has 0 saturated carbocycles. The number of rotatable bonds is 2. The predicted octanol–water partition coefficient (Wildman–Crippen LogP) is 2.19. The van der Waals surface area contributed by atoms with Crippen molar-refractivity contribution in [1.29, 1.82) is 0 Å². The molecule has 16 heavy (non-hydrogen) atoms. The van der Waals surface area contributed by atoms with Crippen molar-refractivity contribution in [3.05, 3.63) is 34.9 Å². The summed E-state index contributed by atoms with van der Waals surface area (Å²) in [5.74, 6) is 4.92. The molecule has 0 unspecified atom stereocenters. The van der Waals surface area contributed by atoms with Crippen molar-refractivity contribution in [3.8, 4) is 0 Å². The summed E-state index contributed by atoms with van der Waals surface area (Å²) in [6.07, 6.45) is 0.949. The Morgan fingerprint density at radius 3 is 2.50 bits per heavy atom. The highest BCUT2D eigenvalue weighted by Crippen LogP contribution is 2.24. The number of hydrogen-bond acceptors (Lipinski definition) is 2. The number of carbonyl (C=O) groups is 1. The molecular formula is C13H20N2O. The lowest BCUT2D eigenvalue weighted by atomic mass is 9.85. The van der Waals surface area contributed by atoms with Crippen LogP contribution in [0.25, 0.3) is 0 Å². The summed E-state index contributed by atoms with van der Waals surface area (Å²) in [7, 11) is 0. The maximum absolute atomic E-state index is 11.5. The molecule has 0 aliphatic heterocycles. The zero-order chi connectivity index (χ0) is 12.3. The van der Waals surface area contributed by atoms with Gasteiger partial charge in [0.05, 0.1) is 0 Å². The van der Waals surface area contributed by atoms with Crippen LogP contribution in [0.2, 0.25) is 0 Å². The van der Waals surface area contributed by atoms with Gasteiger partial charge in [0.15, 0.2) is 0 Å². The molecule has 0 aliphatic rings. The van der Waals surface area contributed by atoms with Gasteiger partial charge in [-0.2, -0.15) is 0 Å². The Morgan fingerprint density at radius 1 is 1.38 bits per heavy atom. The second-order valence-corrected chi connectivity index (χ2v) is 5.30. The monoisotopic (exact) mass is 220 g/mol. The lowest BCUT2D eigenvalue weighted by molar-refractivity contribution is 0.0953. The smallest absolute Gasteiger partial charge is 0.265 e. The van der Waals surface area contributed by atoms with Crippen molar-refractivity contribution < 1.29 is 4.79 Å². The van der Waals surface area contributed by atoms with E-state index in [2.05, 4.69) is 32.3 Å². The molecule has 1 rings (SSSR count). The van der Waals surface area contributed by atoms with Crippen LogP contribution in [-0.4, -0.2) is 5.91 Å². The van der Waals surface area contributed by atoms with Gasteiger partial charge in [0.2, 0.25) is 0 Å². The van der Waals surface area contributed by atoms with Crippen LogP contribution in [0.1, 0.15) is 42.3 Å². The van der Waals surface area contributed by atoms with Gasteiger partial charge < -0.3 is 0 Å². The van der Waals surface area contributed by atoms with E-state index in [-0.39, 0.29) is 11.3 Å². The van der Waals surface area contributed by atoms with E-state index >= 15 is 0 Å². The number of carbonyl (C=O) groups excluding carboxylic acids is 1. The zero-order valence-corrected chi connectivity index (χ0v) is 10.4. The third-order valence-corrected chi connectivity index (χ3v) is 2.54. The first kappa shape index (κ1) is 12.7. The molecule has 1 aromatic rings. The number of nitrogens with one attached hydrogen (secondary N) is 1. The fourth-order valence-corrected chi connectivity index (χ4v) is 1.77. The van der Waals surface area contributed by atoms with Crippen LogP contribution in [0, 0.1) is 12.3 Å². The molecule has 0 radical (unpaired) electrons. The highest BCUT2D eigenvalue weighted by atomic mass is 16.2. The minimum absolute atomic E-state index is 0.211. The molecule has 0 aromatic heterocycles. The second-order valence-electron chi connectivity index (χ2n) is 5.30. The summed E-state index contributed by atoms with van der Waals surface area (Å²) in [5.41, 5.74) is 5.26. The lowest BCUT2D eigenvalue weighted by Crippen LogP contribution is -2.30.